The molecule has 86 valence electrons. The minimum absolute atomic E-state index is 0.339. The van der Waals surface area contributed by atoms with Crippen LogP contribution >= 0.6 is 0 Å². The highest BCUT2D eigenvalue weighted by Crippen LogP contribution is 2.42. The fraction of sp³-hybridized carbons (Fsp3) is 0.545. The molecule has 16 heavy (non-hydrogen) atoms. The van der Waals surface area contributed by atoms with E-state index in [2.05, 4.69) is 15.2 Å². The van der Waals surface area contributed by atoms with E-state index in [-0.39, 0.29) is 5.54 Å². The number of fused-ring (bicyclic) bond motifs is 1. The zero-order chi connectivity index (χ0) is 11.9. The Kier molecular flexibility index (Phi) is 2.33. The van der Waals surface area contributed by atoms with Crippen molar-refractivity contribution in [2.45, 2.75) is 26.3 Å². The predicted octanol–water partition coefficient (Wildman–Crippen LogP) is 1.55. The highest BCUT2D eigenvalue weighted by Gasteiger charge is 2.37. The minimum Gasteiger partial charge on any atom is -0.480 e. The summed E-state index contributed by atoms with van der Waals surface area (Å²) in [4.78, 5) is 4.58. The molecular formula is C11H15N3O2. The lowest BCUT2D eigenvalue weighted by Crippen LogP contribution is -2.14. The first-order chi connectivity index (χ1) is 7.51. The summed E-state index contributed by atoms with van der Waals surface area (Å²) in [5.41, 5.74) is 2.41. The number of methoxy groups -OCH3 is 2. The second-order valence-corrected chi connectivity index (χ2v) is 4.22. The number of aromatic nitrogens is 2. The first-order valence-corrected chi connectivity index (χ1v) is 5.07. The maximum absolute atomic E-state index is 5.24. The van der Waals surface area contributed by atoms with Crippen LogP contribution in [0, 0.1) is 0 Å². The SMILES string of the molecule is COc1nnc(OC)c2c1C(C)=NC2(C)C. The first kappa shape index (κ1) is 10.9. The molecule has 5 heteroatoms. The van der Waals surface area contributed by atoms with Crippen molar-refractivity contribution in [3.05, 3.63) is 11.1 Å². The van der Waals surface area contributed by atoms with Crippen LogP contribution in [-0.4, -0.2) is 30.1 Å². The van der Waals surface area contributed by atoms with Gasteiger partial charge in [0.15, 0.2) is 0 Å². The zero-order valence-electron chi connectivity index (χ0n) is 10.2. The van der Waals surface area contributed by atoms with Crippen molar-refractivity contribution in [2.24, 2.45) is 4.99 Å². The molecule has 0 spiro atoms. The summed E-state index contributed by atoms with van der Waals surface area (Å²) in [6.07, 6.45) is 0. The van der Waals surface area contributed by atoms with Gasteiger partial charge in [-0.1, -0.05) is 0 Å². The zero-order valence-corrected chi connectivity index (χ0v) is 10.2. The maximum atomic E-state index is 5.24. The third-order valence-electron chi connectivity index (χ3n) is 2.72. The lowest BCUT2D eigenvalue weighted by molar-refractivity contribution is 0.354. The molecule has 1 aromatic rings. The van der Waals surface area contributed by atoms with E-state index in [1.54, 1.807) is 14.2 Å². The first-order valence-electron chi connectivity index (χ1n) is 5.07. The number of hydrogen-bond donors (Lipinski definition) is 0. The van der Waals surface area contributed by atoms with Gasteiger partial charge in [-0.05, 0) is 20.8 Å². The number of nitrogens with zero attached hydrogens (tertiary/aromatic N) is 3. The summed E-state index contributed by atoms with van der Waals surface area (Å²) >= 11 is 0. The fourth-order valence-electron chi connectivity index (χ4n) is 2.12. The highest BCUT2D eigenvalue weighted by atomic mass is 16.5. The van der Waals surface area contributed by atoms with Crippen molar-refractivity contribution in [3.63, 3.8) is 0 Å². The molecule has 0 atom stereocenters. The van der Waals surface area contributed by atoms with Crippen LogP contribution in [0.4, 0.5) is 0 Å². The van der Waals surface area contributed by atoms with E-state index >= 15 is 0 Å². The van der Waals surface area contributed by atoms with Crippen molar-refractivity contribution in [3.8, 4) is 11.8 Å². The highest BCUT2D eigenvalue weighted by molar-refractivity contribution is 6.05. The Balaban J connectivity index is 2.75. The van der Waals surface area contributed by atoms with E-state index < -0.39 is 0 Å². The van der Waals surface area contributed by atoms with E-state index in [9.17, 15) is 0 Å². The van der Waals surface area contributed by atoms with E-state index in [0.717, 1.165) is 16.8 Å². The lowest BCUT2D eigenvalue weighted by Gasteiger charge is -2.18. The Morgan fingerprint density at radius 2 is 1.56 bits per heavy atom. The minimum atomic E-state index is -0.339. The maximum Gasteiger partial charge on any atom is 0.243 e. The Bertz CT molecular complexity index is 467. The molecule has 0 saturated heterocycles. The fourth-order valence-corrected chi connectivity index (χ4v) is 2.12. The molecule has 0 aliphatic carbocycles. The third kappa shape index (κ3) is 1.35. The van der Waals surface area contributed by atoms with Gasteiger partial charge in [0.25, 0.3) is 0 Å². The van der Waals surface area contributed by atoms with Gasteiger partial charge in [-0.15, -0.1) is 10.2 Å². The molecule has 0 radical (unpaired) electrons. The number of rotatable bonds is 2. The van der Waals surface area contributed by atoms with Crippen LogP contribution in [0.5, 0.6) is 11.8 Å². The Morgan fingerprint density at radius 1 is 1.00 bits per heavy atom. The molecule has 2 heterocycles. The number of hydrogen-bond acceptors (Lipinski definition) is 5. The topological polar surface area (TPSA) is 56.6 Å². The summed E-state index contributed by atoms with van der Waals surface area (Å²) in [6.45, 7) is 5.98. The molecule has 0 unspecified atom stereocenters. The van der Waals surface area contributed by atoms with E-state index in [1.807, 2.05) is 20.8 Å². The van der Waals surface area contributed by atoms with Crippen LogP contribution in [0.2, 0.25) is 0 Å². The van der Waals surface area contributed by atoms with Crippen molar-refractivity contribution in [1.29, 1.82) is 0 Å². The monoisotopic (exact) mass is 221 g/mol. The van der Waals surface area contributed by atoms with Gasteiger partial charge in [0.2, 0.25) is 11.8 Å². The normalized spacial score (nSPS) is 16.7. The van der Waals surface area contributed by atoms with Gasteiger partial charge in [0, 0.05) is 5.71 Å². The van der Waals surface area contributed by atoms with Crippen LogP contribution in [0.25, 0.3) is 0 Å². The molecule has 0 N–H and O–H groups in total. The standard InChI is InChI=1S/C11H15N3O2/c1-6-7-8(11(2,3)12-6)10(16-5)14-13-9(7)15-4/h1-5H3. The smallest absolute Gasteiger partial charge is 0.243 e. The molecular weight excluding hydrogens is 206 g/mol. The summed E-state index contributed by atoms with van der Waals surface area (Å²) in [5.74, 6) is 1.02. The van der Waals surface area contributed by atoms with Crippen LogP contribution in [0.1, 0.15) is 31.9 Å². The van der Waals surface area contributed by atoms with E-state index in [0.29, 0.717) is 11.8 Å². The van der Waals surface area contributed by atoms with Gasteiger partial charge < -0.3 is 9.47 Å². The van der Waals surface area contributed by atoms with Gasteiger partial charge in [-0.3, -0.25) is 4.99 Å². The van der Waals surface area contributed by atoms with Crippen LogP contribution in [0.3, 0.4) is 0 Å². The average Bonchev–Trinajstić information content (AvgIpc) is 2.49. The Labute approximate surface area is 94.5 Å². The van der Waals surface area contributed by atoms with Gasteiger partial charge in [-0.2, -0.15) is 0 Å². The second-order valence-electron chi connectivity index (χ2n) is 4.22. The van der Waals surface area contributed by atoms with Crippen LogP contribution in [-0.2, 0) is 5.54 Å². The molecule has 0 bridgehead atoms. The molecule has 1 aliphatic rings. The summed E-state index contributed by atoms with van der Waals surface area (Å²) in [5, 5.41) is 7.98. The van der Waals surface area contributed by atoms with Crippen LogP contribution < -0.4 is 9.47 Å². The average molecular weight is 221 g/mol. The van der Waals surface area contributed by atoms with Gasteiger partial charge in [0.05, 0.1) is 30.9 Å². The summed E-state index contributed by atoms with van der Waals surface area (Å²) in [7, 11) is 3.16. The lowest BCUT2D eigenvalue weighted by atomic mass is 9.95. The molecule has 1 aromatic heterocycles. The van der Waals surface area contributed by atoms with Gasteiger partial charge in [0.1, 0.15) is 0 Å². The third-order valence-corrected chi connectivity index (χ3v) is 2.72. The van der Waals surface area contributed by atoms with Crippen molar-refractivity contribution in [2.75, 3.05) is 14.2 Å². The number of ether oxygens (including phenoxy) is 2. The number of aliphatic imine (C=N–C) groups is 1. The Morgan fingerprint density at radius 3 is 2.12 bits per heavy atom. The van der Waals surface area contributed by atoms with Crippen molar-refractivity contribution >= 4 is 5.71 Å². The second kappa shape index (κ2) is 3.43. The molecule has 1 aliphatic heterocycles. The predicted molar refractivity (Wildman–Crippen MR) is 60.4 cm³/mol. The van der Waals surface area contributed by atoms with E-state index in [4.69, 9.17) is 9.47 Å². The van der Waals surface area contributed by atoms with Crippen molar-refractivity contribution in [1.82, 2.24) is 10.2 Å². The molecule has 0 aromatic carbocycles. The van der Waals surface area contributed by atoms with Gasteiger partial charge >= 0.3 is 0 Å². The molecule has 0 amide bonds. The molecule has 2 rings (SSSR count). The van der Waals surface area contributed by atoms with Gasteiger partial charge in [-0.25, -0.2) is 0 Å². The van der Waals surface area contributed by atoms with E-state index in [1.165, 1.54) is 0 Å². The Hall–Kier alpha value is -1.65. The summed E-state index contributed by atoms with van der Waals surface area (Å²) < 4.78 is 10.4. The quantitative estimate of drug-likeness (QED) is 0.760. The summed E-state index contributed by atoms with van der Waals surface area (Å²) in [6, 6.07) is 0. The van der Waals surface area contributed by atoms with Crippen molar-refractivity contribution < 1.29 is 9.47 Å². The largest absolute Gasteiger partial charge is 0.480 e. The molecule has 0 saturated carbocycles. The molecule has 5 nitrogen and oxygen atoms in total. The molecule has 0 fully saturated rings. The van der Waals surface area contributed by atoms with Crippen LogP contribution in [0.15, 0.2) is 4.99 Å².